The molecule has 0 spiro atoms. The number of halogens is 1. The van der Waals surface area contributed by atoms with Gasteiger partial charge in [0.25, 0.3) is 0 Å². The van der Waals surface area contributed by atoms with Crippen LogP contribution in [-0.4, -0.2) is 6.21 Å². The fraction of sp³-hybridized carbons (Fsp3) is 0.188. The molecule has 0 aliphatic rings. The normalized spacial score (nSPS) is 10.8. The van der Waals surface area contributed by atoms with Gasteiger partial charge in [-0.1, -0.05) is 60.1 Å². The molecule has 0 fully saturated rings. The predicted molar refractivity (Wildman–Crippen MR) is 78.6 cm³/mol. The Morgan fingerprint density at radius 1 is 1.16 bits per heavy atom. The predicted octanol–water partition coefficient (Wildman–Crippen LogP) is 4.33. The molecular weight excluding hydrogens is 258 g/mol. The van der Waals surface area contributed by atoms with Crippen LogP contribution in [0.15, 0.2) is 53.7 Å². The third kappa shape index (κ3) is 4.11. The summed E-state index contributed by atoms with van der Waals surface area (Å²) < 4.78 is 0. The molecule has 0 aliphatic carbocycles. The summed E-state index contributed by atoms with van der Waals surface area (Å²) in [4.78, 5) is 5.23. The van der Waals surface area contributed by atoms with E-state index in [1.54, 1.807) is 0 Å². The molecule has 0 bridgehead atoms. The minimum atomic E-state index is 0.391. The molecule has 2 rings (SSSR count). The number of nitrogens with zero attached hydrogens (tertiary/aromatic N) is 1. The summed E-state index contributed by atoms with van der Waals surface area (Å²) in [6, 6.07) is 15.5. The van der Waals surface area contributed by atoms with Crippen LogP contribution in [0.2, 0.25) is 5.02 Å². The molecule has 0 amide bonds. The number of aryl methyl sites for hydroxylation is 1. The Kier molecular flexibility index (Phi) is 4.99. The third-order valence-corrected chi connectivity index (χ3v) is 2.98. The number of hydrogen-bond donors (Lipinski definition) is 0. The van der Waals surface area contributed by atoms with E-state index in [4.69, 9.17) is 16.4 Å². The van der Waals surface area contributed by atoms with Gasteiger partial charge < -0.3 is 4.84 Å². The van der Waals surface area contributed by atoms with Crippen molar-refractivity contribution in [1.29, 1.82) is 0 Å². The van der Waals surface area contributed by atoms with E-state index in [0.717, 1.165) is 17.5 Å². The van der Waals surface area contributed by atoms with Crippen molar-refractivity contribution in [2.75, 3.05) is 0 Å². The van der Waals surface area contributed by atoms with Gasteiger partial charge in [0.2, 0.25) is 0 Å². The average Bonchev–Trinajstić information content (AvgIpc) is 2.44. The molecule has 0 N–H and O–H groups in total. The van der Waals surface area contributed by atoms with Crippen LogP contribution in [0.3, 0.4) is 0 Å². The summed E-state index contributed by atoms with van der Waals surface area (Å²) in [7, 11) is 0. The molecule has 19 heavy (non-hydrogen) atoms. The molecule has 97 valence electrons. The highest BCUT2D eigenvalue weighted by atomic mass is 35.5. The van der Waals surface area contributed by atoms with Gasteiger partial charge in [-0.25, -0.2) is 0 Å². The number of rotatable bonds is 5. The fourth-order valence-corrected chi connectivity index (χ4v) is 1.97. The Hall–Kier alpha value is -1.80. The van der Waals surface area contributed by atoms with Crippen molar-refractivity contribution in [3.63, 3.8) is 0 Å². The zero-order chi connectivity index (χ0) is 13.5. The molecule has 1 radical (unpaired) electrons. The maximum Gasteiger partial charge on any atom is 0.142 e. The minimum absolute atomic E-state index is 0.391. The van der Waals surface area contributed by atoms with Crippen LogP contribution < -0.4 is 0 Å². The lowest BCUT2D eigenvalue weighted by Crippen LogP contribution is -1.92. The molecular formula is C16H15ClNO. The Labute approximate surface area is 118 Å². The lowest BCUT2D eigenvalue weighted by Gasteiger charge is -2.02. The Morgan fingerprint density at radius 3 is 2.79 bits per heavy atom. The first-order valence-electron chi connectivity index (χ1n) is 6.20. The smallest absolute Gasteiger partial charge is 0.142 e. The van der Waals surface area contributed by atoms with E-state index in [0.29, 0.717) is 11.6 Å². The molecule has 2 aromatic rings. The highest BCUT2D eigenvalue weighted by molar-refractivity contribution is 6.30. The van der Waals surface area contributed by atoms with Gasteiger partial charge in [0, 0.05) is 10.6 Å². The van der Waals surface area contributed by atoms with E-state index in [9.17, 15) is 0 Å². The zero-order valence-electron chi connectivity index (χ0n) is 10.8. The van der Waals surface area contributed by atoms with Crippen LogP contribution in [0.4, 0.5) is 0 Å². The molecule has 0 heterocycles. The Bertz CT molecular complexity index is 566. The van der Waals surface area contributed by atoms with Crippen molar-refractivity contribution in [1.82, 2.24) is 0 Å². The number of benzene rings is 2. The van der Waals surface area contributed by atoms with Crippen LogP contribution in [0.1, 0.15) is 23.6 Å². The second kappa shape index (κ2) is 6.95. The molecule has 0 unspecified atom stereocenters. The molecule has 3 heteroatoms. The van der Waals surface area contributed by atoms with Crippen LogP contribution in [0.25, 0.3) is 0 Å². The molecule has 0 aliphatic heterocycles. The quantitative estimate of drug-likeness (QED) is 0.586. The first-order chi connectivity index (χ1) is 9.29. The highest BCUT2D eigenvalue weighted by Gasteiger charge is 1.97. The van der Waals surface area contributed by atoms with E-state index in [-0.39, 0.29) is 0 Å². The van der Waals surface area contributed by atoms with E-state index >= 15 is 0 Å². The summed E-state index contributed by atoms with van der Waals surface area (Å²) in [6.45, 7) is 2.50. The van der Waals surface area contributed by atoms with E-state index in [2.05, 4.69) is 24.4 Å². The lowest BCUT2D eigenvalue weighted by molar-refractivity contribution is 0.132. The summed E-state index contributed by atoms with van der Waals surface area (Å²) >= 11 is 5.89. The van der Waals surface area contributed by atoms with Crippen molar-refractivity contribution in [2.24, 2.45) is 5.16 Å². The van der Waals surface area contributed by atoms with Crippen molar-refractivity contribution in [2.45, 2.75) is 20.0 Å². The molecule has 2 aromatic carbocycles. The largest absolute Gasteiger partial charge is 0.390 e. The maximum atomic E-state index is 5.89. The molecule has 0 atom stereocenters. The topological polar surface area (TPSA) is 21.6 Å². The highest BCUT2D eigenvalue weighted by Crippen LogP contribution is 2.11. The molecule has 0 saturated carbocycles. The van der Waals surface area contributed by atoms with Gasteiger partial charge >= 0.3 is 0 Å². The first kappa shape index (κ1) is 13.6. The van der Waals surface area contributed by atoms with Gasteiger partial charge in [-0.3, -0.25) is 0 Å². The van der Waals surface area contributed by atoms with Crippen molar-refractivity contribution in [3.05, 3.63) is 70.2 Å². The summed E-state index contributed by atoms with van der Waals surface area (Å²) in [6.07, 6.45) is 3.87. The second-order valence-electron chi connectivity index (χ2n) is 4.12. The minimum Gasteiger partial charge on any atom is -0.390 e. The summed E-state index contributed by atoms with van der Waals surface area (Å²) in [5, 5.41) is 4.58. The van der Waals surface area contributed by atoms with E-state index in [1.807, 2.05) is 42.5 Å². The van der Waals surface area contributed by atoms with Gasteiger partial charge in [0.15, 0.2) is 0 Å². The Balaban J connectivity index is 1.93. The molecule has 0 saturated heterocycles. The summed E-state index contributed by atoms with van der Waals surface area (Å²) in [5.41, 5.74) is 3.16. The summed E-state index contributed by atoms with van der Waals surface area (Å²) in [5.74, 6) is 0. The number of hydrogen-bond acceptors (Lipinski definition) is 2. The SMILES string of the molecule is CCc1ccccc1/[C]=N\OCc1cccc(Cl)c1. The molecule has 2 nitrogen and oxygen atoms in total. The van der Waals surface area contributed by atoms with Crippen molar-refractivity contribution >= 4 is 17.8 Å². The van der Waals surface area contributed by atoms with Crippen LogP contribution in [0.5, 0.6) is 0 Å². The first-order valence-corrected chi connectivity index (χ1v) is 6.57. The monoisotopic (exact) mass is 272 g/mol. The van der Waals surface area contributed by atoms with Gasteiger partial charge in [0.05, 0.1) is 0 Å². The van der Waals surface area contributed by atoms with Crippen LogP contribution in [0, 0.1) is 0 Å². The Morgan fingerprint density at radius 2 is 2.00 bits per heavy atom. The van der Waals surface area contributed by atoms with Gasteiger partial charge in [-0.2, -0.15) is 0 Å². The van der Waals surface area contributed by atoms with E-state index < -0.39 is 0 Å². The van der Waals surface area contributed by atoms with Gasteiger partial charge in [0.1, 0.15) is 12.8 Å². The van der Waals surface area contributed by atoms with Gasteiger partial charge in [-0.15, -0.1) is 0 Å². The third-order valence-electron chi connectivity index (χ3n) is 2.75. The standard InChI is InChI=1S/C16H15ClNO/c1-2-14-7-3-4-8-15(14)11-18-19-12-13-6-5-9-16(17)10-13/h3-10H,2,12H2,1H3. The maximum absolute atomic E-state index is 5.89. The van der Waals surface area contributed by atoms with Crippen molar-refractivity contribution < 1.29 is 4.84 Å². The van der Waals surface area contributed by atoms with Gasteiger partial charge in [-0.05, 0) is 29.7 Å². The zero-order valence-corrected chi connectivity index (χ0v) is 11.5. The average molecular weight is 273 g/mol. The lowest BCUT2D eigenvalue weighted by atomic mass is 10.1. The molecule has 0 aromatic heterocycles. The van der Waals surface area contributed by atoms with E-state index in [1.165, 1.54) is 5.56 Å². The van der Waals surface area contributed by atoms with Crippen LogP contribution >= 0.6 is 11.6 Å². The fourth-order valence-electron chi connectivity index (χ4n) is 1.75. The van der Waals surface area contributed by atoms with Crippen molar-refractivity contribution in [3.8, 4) is 0 Å². The van der Waals surface area contributed by atoms with Crippen LogP contribution in [-0.2, 0) is 17.9 Å². The second-order valence-corrected chi connectivity index (χ2v) is 4.55.